The smallest absolute Gasteiger partial charge is 0.475 e. The largest absolute Gasteiger partial charge is 0.497 e. The molecule has 0 unspecified atom stereocenters. The molecule has 1 aromatic heterocycles. The fraction of sp³-hybridized carbons (Fsp3) is 0.294. The number of benzene rings is 1. The molecule has 0 spiro atoms. The van der Waals surface area contributed by atoms with Crippen molar-refractivity contribution in [3.8, 4) is 5.75 Å². The number of rotatable bonds is 6. The van der Waals surface area contributed by atoms with E-state index in [4.69, 9.17) is 4.74 Å². The molecular weight excluding hydrogens is 392 g/mol. The summed E-state index contributed by atoms with van der Waals surface area (Å²) in [4.78, 5) is 15.8. The minimum Gasteiger partial charge on any atom is -0.497 e. The number of hydrogen-bond acceptors (Lipinski definition) is 3. The maximum Gasteiger partial charge on any atom is 0.475 e. The highest BCUT2D eigenvalue weighted by atomic mass is 19.4. The second kappa shape index (κ2) is 8.05. The number of halogens is 6. The molecule has 0 saturated heterocycles. The van der Waals surface area contributed by atoms with Crippen molar-refractivity contribution in [1.29, 1.82) is 0 Å². The Balaban J connectivity index is 2.37. The van der Waals surface area contributed by atoms with E-state index in [0.717, 1.165) is 23.6 Å². The van der Waals surface area contributed by atoms with Gasteiger partial charge in [0.2, 0.25) is 0 Å². The van der Waals surface area contributed by atoms with Crippen molar-refractivity contribution in [3.63, 3.8) is 0 Å². The first kappa shape index (κ1) is 21.5. The molecule has 0 aliphatic carbocycles. The molecule has 2 rings (SSSR count). The van der Waals surface area contributed by atoms with Gasteiger partial charge in [0.15, 0.2) is 0 Å². The highest BCUT2D eigenvalue weighted by molar-refractivity contribution is 5.94. The van der Waals surface area contributed by atoms with Crippen molar-refractivity contribution < 1.29 is 41.2 Å². The third kappa shape index (κ3) is 4.53. The Morgan fingerprint density at radius 3 is 2.14 bits per heavy atom. The molecule has 28 heavy (non-hydrogen) atoms. The molecule has 0 saturated carbocycles. The highest BCUT2D eigenvalue weighted by Gasteiger charge is 2.76. The maximum atomic E-state index is 13.6. The number of methoxy groups -OCH3 is 1. The molecular formula is C17H16F6N3O2+. The first-order chi connectivity index (χ1) is 13.0. The molecule has 152 valence electrons. The van der Waals surface area contributed by atoms with Crippen molar-refractivity contribution in [3.05, 3.63) is 59.9 Å². The van der Waals surface area contributed by atoms with Crippen LogP contribution in [0.2, 0.25) is 0 Å². The van der Waals surface area contributed by atoms with Crippen LogP contribution in [-0.4, -0.2) is 36.0 Å². The van der Waals surface area contributed by atoms with Crippen molar-refractivity contribution in [2.45, 2.75) is 24.6 Å². The number of ether oxygens (including phenoxy) is 1. The minimum atomic E-state index is -5.82. The predicted octanol–water partition coefficient (Wildman–Crippen LogP) is 2.40. The summed E-state index contributed by atoms with van der Waals surface area (Å²) in [6.07, 6.45) is -9.18. The zero-order chi connectivity index (χ0) is 21.0. The van der Waals surface area contributed by atoms with Gasteiger partial charge in [-0.2, -0.15) is 26.3 Å². The number of hydrogen-bond donors (Lipinski definition) is 2. The average molecular weight is 408 g/mol. The van der Waals surface area contributed by atoms with Crippen LogP contribution in [0.25, 0.3) is 0 Å². The number of carbonyl (C=O) groups excluding carboxylic acids is 1. The van der Waals surface area contributed by atoms with E-state index in [9.17, 15) is 31.1 Å². The monoisotopic (exact) mass is 408 g/mol. The lowest BCUT2D eigenvalue weighted by atomic mass is 10.1. The first-order valence-corrected chi connectivity index (χ1v) is 7.83. The number of alkyl halides is 6. The summed E-state index contributed by atoms with van der Waals surface area (Å²) >= 11 is 0. The van der Waals surface area contributed by atoms with E-state index < -0.39 is 30.5 Å². The van der Waals surface area contributed by atoms with Crippen LogP contribution in [0, 0.1) is 0 Å². The van der Waals surface area contributed by atoms with Gasteiger partial charge in [-0.1, -0.05) is 6.07 Å². The fourth-order valence-electron chi connectivity index (χ4n) is 2.37. The summed E-state index contributed by atoms with van der Waals surface area (Å²) in [5, 5.41) is 1.12. The summed E-state index contributed by atoms with van der Waals surface area (Å²) in [7, 11) is 1.32. The maximum absolute atomic E-state index is 13.6. The molecule has 5 nitrogen and oxygen atoms in total. The molecule has 0 atom stereocenters. The van der Waals surface area contributed by atoms with Gasteiger partial charge >= 0.3 is 18.0 Å². The molecule has 0 fully saturated rings. The van der Waals surface area contributed by atoms with Crippen molar-refractivity contribution in [2.24, 2.45) is 0 Å². The van der Waals surface area contributed by atoms with E-state index in [0.29, 0.717) is 0 Å². The van der Waals surface area contributed by atoms with Crippen LogP contribution in [0.4, 0.5) is 26.3 Å². The van der Waals surface area contributed by atoms with Crippen LogP contribution in [0.3, 0.4) is 0 Å². The third-order valence-corrected chi connectivity index (χ3v) is 3.92. The van der Waals surface area contributed by atoms with E-state index in [1.807, 2.05) is 0 Å². The van der Waals surface area contributed by atoms with E-state index in [-0.39, 0.29) is 22.2 Å². The number of nitrogens with zero attached hydrogens (tertiary/aromatic N) is 1. The van der Waals surface area contributed by atoms with Crippen molar-refractivity contribution >= 4 is 5.91 Å². The Morgan fingerprint density at radius 2 is 1.68 bits per heavy atom. The number of nitrogens with one attached hydrogen (secondary N) is 1. The number of carbonyl (C=O) groups is 1. The number of nitrogens with two attached hydrogens (primary N) is 1. The van der Waals surface area contributed by atoms with Gasteiger partial charge in [0.1, 0.15) is 12.3 Å². The number of amides is 1. The van der Waals surface area contributed by atoms with E-state index in [2.05, 4.69) is 4.98 Å². The van der Waals surface area contributed by atoms with Crippen LogP contribution in [0.15, 0.2) is 48.8 Å². The van der Waals surface area contributed by atoms with Gasteiger partial charge in [-0.05, 0) is 30.3 Å². The van der Waals surface area contributed by atoms with Crippen molar-refractivity contribution in [1.82, 2.24) is 10.3 Å². The van der Waals surface area contributed by atoms with Gasteiger partial charge < -0.3 is 10.1 Å². The average Bonchev–Trinajstić information content (AvgIpc) is 2.63. The molecule has 1 amide bonds. The lowest BCUT2D eigenvalue weighted by molar-refractivity contribution is -0.796. The molecule has 0 bridgehead atoms. The normalized spacial score (nSPS) is 12.5. The standard InChI is InChI=1S/C17H15F6N3O2/c1-28-13-6-4-12(5-7-13)14(27)26-15(16(18,19)20,17(21,22)23)25-10-11-3-2-8-24-9-11/h2-9,25H,10H2,1H3,(H,26,27)/p+1. The SMILES string of the molecule is COc1ccc(C(=O)NC([NH2+]Cc2cccnc2)(C(F)(F)F)C(F)(F)F)cc1. The summed E-state index contributed by atoms with van der Waals surface area (Å²) < 4.78 is 86.2. The lowest BCUT2D eigenvalue weighted by Crippen LogP contribution is -3.07. The molecule has 0 aliphatic heterocycles. The molecule has 11 heteroatoms. The first-order valence-electron chi connectivity index (χ1n) is 7.83. The van der Waals surface area contributed by atoms with E-state index >= 15 is 0 Å². The van der Waals surface area contributed by atoms with Gasteiger partial charge in [-0.15, -0.1) is 0 Å². The van der Waals surface area contributed by atoms with Gasteiger partial charge in [-0.3, -0.25) is 15.1 Å². The summed E-state index contributed by atoms with van der Waals surface area (Å²) in [5.74, 6) is -1.24. The number of quaternary nitrogens is 1. The molecule has 1 aromatic carbocycles. The van der Waals surface area contributed by atoms with Gasteiger partial charge in [0, 0.05) is 23.5 Å². The molecule has 1 heterocycles. The van der Waals surface area contributed by atoms with Gasteiger partial charge in [-0.25, -0.2) is 0 Å². The van der Waals surface area contributed by atoms with E-state index in [1.165, 1.54) is 37.6 Å². The second-order valence-corrected chi connectivity index (χ2v) is 5.76. The zero-order valence-electron chi connectivity index (χ0n) is 14.4. The van der Waals surface area contributed by atoms with Crippen LogP contribution < -0.4 is 15.4 Å². The Morgan fingerprint density at radius 1 is 1.07 bits per heavy atom. The lowest BCUT2D eigenvalue weighted by Gasteiger charge is -2.35. The van der Waals surface area contributed by atoms with Crippen LogP contribution in [0.5, 0.6) is 5.75 Å². The second-order valence-electron chi connectivity index (χ2n) is 5.76. The van der Waals surface area contributed by atoms with Crippen LogP contribution in [0.1, 0.15) is 15.9 Å². The summed E-state index contributed by atoms with van der Waals surface area (Å²) in [6, 6.07) is 7.32. The molecule has 3 N–H and O–H groups in total. The van der Waals surface area contributed by atoms with Crippen molar-refractivity contribution in [2.75, 3.05) is 7.11 Å². The predicted molar refractivity (Wildman–Crippen MR) is 85.2 cm³/mol. The Bertz CT molecular complexity index is 777. The third-order valence-electron chi connectivity index (χ3n) is 3.92. The molecule has 0 radical (unpaired) electrons. The Labute approximate surface area is 155 Å². The topological polar surface area (TPSA) is 67.8 Å². The van der Waals surface area contributed by atoms with Gasteiger partial charge in [0.25, 0.3) is 5.91 Å². The fourth-order valence-corrected chi connectivity index (χ4v) is 2.37. The Hall–Kier alpha value is -2.82. The van der Waals surface area contributed by atoms with E-state index in [1.54, 1.807) is 0 Å². The number of aromatic nitrogens is 1. The highest BCUT2D eigenvalue weighted by Crippen LogP contribution is 2.38. The van der Waals surface area contributed by atoms with Crippen LogP contribution >= 0.6 is 0 Å². The Kier molecular flexibility index (Phi) is 6.17. The molecule has 0 aliphatic rings. The minimum absolute atomic E-state index is 0.00850. The quantitative estimate of drug-likeness (QED) is 0.570. The number of pyridine rings is 1. The summed E-state index contributed by atoms with van der Waals surface area (Å²) in [5.41, 5.74) is -4.79. The van der Waals surface area contributed by atoms with Crippen LogP contribution in [-0.2, 0) is 6.54 Å². The van der Waals surface area contributed by atoms with Gasteiger partial charge in [0.05, 0.1) is 7.11 Å². The zero-order valence-corrected chi connectivity index (χ0v) is 14.4. The molecule has 2 aromatic rings. The summed E-state index contributed by atoms with van der Waals surface area (Å²) in [6.45, 7) is -0.713.